The molecule has 0 spiro atoms. The molecule has 3 aromatic rings. The number of ether oxygens (including phenoxy) is 1. The summed E-state index contributed by atoms with van der Waals surface area (Å²) in [5, 5.41) is 4.37. The lowest BCUT2D eigenvalue weighted by Gasteiger charge is -2.30. The Hall–Kier alpha value is -2.90. The molecule has 2 saturated heterocycles. The summed E-state index contributed by atoms with van der Waals surface area (Å²) >= 11 is 5.89. The Balaban J connectivity index is 1.53. The normalized spacial score (nSPS) is 21.7. The predicted molar refractivity (Wildman–Crippen MR) is 150 cm³/mol. The summed E-state index contributed by atoms with van der Waals surface area (Å²) in [5.74, 6) is 0. The minimum Gasteiger partial charge on any atom is -0.376 e. The topological polar surface area (TPSA) is 45.6 Å². The van der Waals surface area contributed by atoms with Crippen LogP contribution in [0.15, 0.2) is 54.7 Å². The highest BCUT2D eigenvalue weighted by Crippen LogP contribution is 2.42. The molecule has 0 saturated carbocycles. The Morgan fingerprint density at radius 3 is 2.53 bits per heavy atom. The van der Waals surface area contributed by atoms with Gasteiger partial charge in [-0.3, -0.25) is 4.98 Å². The Kier molecular flexibility index (Phi) is 7.30. The van der Waals surface area contributed by atoms with E-state index in [-0.39, 0.29) is 18.2 Å². The van der Waals surface area contributed by atoms with Crippen LogP contribution in [0, 0.1) is 13.8 Å². The average Bonchev–Trinajstić information content (AvgIpc) is 3.60. The number of aromatic nitrogens is 2. The van der Waals surface area contributed by atoms with Crippen molar-refractivity contribution in [1.29, 1.82) is 0 Å². The van der Waals surface area contributed by atoms with Gasteiger partial charge in [-0.05, 0) is 101 Å². The molecule has 5 rings (SSSR count). The molecule has 1 aromatic carbocycles. The number of aryl methyl sites for hydroxylation is 1. The number of hydrogen-bond donors (Lipinski definition) is 1. The zero-order chi connectivity index (χ0) is 25.2. The second-order valence-corrected chi connectivity index (χ2v) is 10.2. The molecule has 2 aromatic heterocycles. The molecule has 2 aliphatic rings. The quantitative estimate of drug-likeness (QED) is 0.411. The number of anilines is 1. The fourth-order valence-electron chi connectivity index (χ4n) is 5.83. The third kappa shape index (κ3) is 4.62. The third-order valence-electron chi connectivity index (χ3n) is 7.65. The van der Waals surface area contributed by atoms with Crippen molar-refractivity contribution in [3.63, 3.8) is 0 Å². The molecule has 7 heteroatoms. The van der Waals surface area contributed by atoms with Crippen LogP contribution in [0.1, 0.15) is 61.4 Å². The number of benzene rings is 1. The highest BCUT2D eigenvalue weighted by atomic mass is 32.1. The van der Waals surface area contributed by atoms with Gasteiger partial charge in [0.15, 0.2) is 5.11 Å². The Labute approximate surface area is 220 Å². The average molecular weight is 504 g/mol. The van der Waals surface area contributed by atoms with Gasteiger partial charge in [0.05, 0.1) is 23.9 Å². The summed E-state index contributed by atoms with van der Waals surface area (Å²) < 4.78 is 8.38. The molecule has 190 valence electrons. The van der Waals surface area contributed by atoms with Crippen LogP contribution in [0.2, 0.25) is 0 Å². The van der Waals surface area contributed by atoms with E-state index in [2.05, 4.69) is 83.8 Å². The van der Waals surface area contributed by atoms with Crippen molar-refractivity contribution >= 4 is 23.0 Å². The number of nitrogens with zero attached hydrogens (tertiary/aromatic N) is 4. The van der Waals surface area contributed by atoms with Crippen LogP contribution in [0.25, 0.3) is 5.69 Å². The molecule has 36 heavy (non-hydrogen) atoms. The molecule has 0 unspecified atom stereocenters. The molecule has 0 radical (unpaired) electrons. The van der Waals surface area contributed by atoms with E-state index in [4.69, 9.17) is 21.9 Å². The summed E-state index contributed by atoms with van der Waals surface area (Å²) in [7, 11) is 0. The van der Waals surface area contributed by atoms with Gasteiger partial charge in [0.25, 0.3) is 0 Å². The van der Waals surface area contributed by atoms with E-state index in [0.29, 0.717) is 0 Å². The first kappa shape index (κ1) is 24.8. The summed E-state index contributed by atoms with van der Waals surface area (Å²) in [5.41, 5.74) is 7.18. The van der Waals surface area contributed by atoms with Crippen molar-refractivity contribution in [3.8, 4) is 5.69 Å². The van der Waals surface area contributed by atoms with Gasteiger partial charge >= 0.3 is 0 Å². The van der Waals surface area contributed by atoms with E-state index < -0.39 is 0 Å². The van der Waals surface area contributed by atoms with Crippen LogP contribution < -0.4 is 10.2 Å². The van der Waals surface area contributed by atoms with Crippen LogP contribution in [0.5, 0.6) is 0 Å². The van der Waals surface area contributed by atoms with Crippen LogP contribution in [-0.4, -0.2) is 51.9 Å². The lowest BCUT2D eigenvalue weighted by atomic mass is 9.96. The minimum atomic E-state index is -0.0147. The molecule has 2 fully saturated rings. The van der Waals surface area contributed by atoms with Gasteiger partial charge in [-0.2, -0.15) is 0 Å². The van der Waals surface area contributed by atoms with Gasteiger partial charge in [-0.25, -0.2) is 0 Å². The zero-order valence-corrected chi connectivity index (χ0v) is 22.6. The standard InChI is InChI=1S/C29H37N5OS/c1-5-32(6-2)22-12-14-23(15-13-22)34-20(3)18-25(21(34)4)28-27(26-11-7-8-16-30-26)31-29(36)33(28)19-24-10-9-17-35-24/h7-8,11-16,18,24,27-28H,5-6,9-10,17,19H2,1-4H3,(H,31,36)/t24-,27+,28-/m0/s1. The maximum absolute atomic E-state index is 6.01. The lowest BCUT2D eigenvalue weighted by Crippen LogP contribution is -2.36. The highest BCUT2D eigenvalue weighted by molar-refractivity contribution is 7.80. The molecule has 1 N–H and O–H groups in total. The van der Waals surface area contributed by atoms with E-state index in [0.717, 1.165) is 49.9 Å². The van der Waals surface area contributed by atoms with Gasteiger partial charge in [-0.1, -0.05) is 6.07 Å². The van der Waals surface area contributed by atoms with E-state index in [9.17, 15) is 0 Å². The summed E-state index contributed by atoms with van der Waals surface area (Å²) in [6, 6.07) is 17.4. The third-order valence-corrected chi connectivity index (χ3v) is 8.00. The SMILES string of the molecule is CCN(CC)c1ccc(-n2c(C)cc([C@H]3[C@@H](c4ccccn4)NC(=S)N3C[C@@H]3CCCO3)c2C)cc1. The monoisotopic (exact) mass is 503 g/mol. The van der Waals surface area contributed by atoms with Crippen molar-refractivity contribution in [2.45, 2.75) is 58.7 Å². The molecule has 0 aliphatic carbocycles. The largest absolute Gasteiger partial charge is 0.376 e. The number of hydrogen-bond acceptors (Lipinski definition) is 4. The molecule has 3 atom stereocenters. The summed E-state index contributed by atoms with van der Waals surface area (Å²) in [6.45, 7) is 12.5. The van der Waals surface area contributed by atoms with E-state index in [1.54, 1.807) is 0 Å². The van der Waals surface area contributed by atoms with Crippen LogP contribution in [0.4, 0.5) is 5.69 Å². The fraction of sp³-hybridized carbons (Fsp3) is 0.448. The highest BCUT2D eigenvalue weighted by Gasteiger charge is 2.42. The van der Waals surface area contributed by atoms with Crippen LogP contribution in [0.3, 0.4) is 0 Å². The minimum absolute atomic E-state index is 0.0147. The second-order valence-electron chi connectivity index (χ2n) is 9.76. The van der Waals surface area contributed by atoms with Crippen molar-refractivity contribution in [3.05, 3.63) is 77.4 Å². The second kappa shape index (κ2) is 10.6. The summed E-state index contributed by atoms with van der Waals surface area (Å²) in [6.07, 6.45) is 4.27. The van der Waals surface area contributed by atoms with E-state index in [1.807, 2.05) is 18.3 Å². The molecule has 2 aliphatic heterocycles. The number of thiocarbonyl (C=S) groups is 1. The van der Waals surface area contributed by atoms with E-state index in [1.165, 1.54) is 28.3 Å². The molecule has 4 heterocycles. The first-order valence-electron chi connectivity index (χ1n) is 13.2. The predicted octanol–water partition coefficient (Wildman–Crippen LogP) is 5.49. The van der Waals surface area contributed by atoms with Crippen molar-refractivity contribution in [1.82, 2.24) is 19.8 Å². The van der Waals surface area contributed by atoms with Gasteiger partial charge in [-0.15, -0.1) is 0 Å². The van der Waals surface area contributed by atoms with Gasteiger partial charge in [0.2, 0.25) is 0 Å². The maximum Gasteiger partial charge on any atom is 0.170 e. The van der Waals surface area contributed by atoms with Gasteiger partial charge in [0.1, 0.15) is 0 Å². The Morgan fingerprint density at radius 1 is 1.11 bits per heavy atom. The Bertz CT molecular complexity index is 1180. The molecule has 6 nitrogen and oxygen atoms in total. The smallest absolute Gasteiger partial charge is 0.170 e. The lowest BCUT2D eigenvalue weighted by molar-refractivity contribution is 0.0842. The number of pyridine rings is 1. The number of nitrogens with one attached hydrogen (secondary N) is 1. The first-order chi connectivity index (χ1) is 17.5. The van der Waals surface area contributed by atoms with Crippen molar-refractivity contribution in [2.24, 2.45) is 0 Å². The first-order valence-corrected chi connectivity index (χ1v) is 13.6. The molecule has 0 amide bonds. The van der Waals surface area contributed by atoms with Gasteiger partial charge < -0.3 is 24.4 Å². The van der Waals surface area contributed by atoms with E-state index >= 15 is 0 Å². The maximum atomic E-state index is 6.01. The molecule has 0 bridgehead atoms. The van der Waals surface area contributed by atoms with Crippen molar-refractivity contribution in [2.75, 3.05) is 31.1 Å². The summed E-state index contributed by atoms with van der Waals surface area (Å²) in [4.78, 5) is 9.41. The molecular weight excluding hydrogens is 466 g/mol. The fourth-order valence-corrected chi connectivity index (χ4v) is 6.15. The number of rotatable bonds is 8. The zero-order valence-electron chi connectivity index (χ0n) is 21.8. The van der Waals surface area contributed by atoms with Gasteiger partial charge in [0, 0.05) is 55.2 Å². The van der Waals surface area contributed by atoms with Crippen molar-refractivity contribution < 1.29 is 4.74 Å². The van der Waals surface area contributed by atoms with Crippen LogP contribution in [-0.2, 0) is 4.74 Å². The molecular formula is C29H37N5OS. The Morgan fingerprint density at radius 2 is 1.89 bits per heavy atom. The van der Waals surface area contributed by atoms with Crippen LogP contribution >= 0.6 is 12.2 Å².